The molecule has 2 nitrogen and oxygen atoms in total. The van der Waals surface area contributed by atoms with Crippen molar-refractivity contribution < 1.29 is 9.53 Å². The molecule has 0 radical (unpaired) electrons. The predicted octanol–water partition coefficient (Wildman–Crippen LogP) is 3.94. The number of hydrogen-bond acceptors (Lipinski definition) is 2. The molecule has 0 aliphatic heterocycles. The van der Waals surface area contributed by atoms with Gasteiger partial charge in [-0.05, 0) is 18.8 Å². The van der Waals surface area contributed by atoms with Crippen molar-refractivity contribution in [1.29, 1.82) is 0 Å². The smallest absolute Gasteiger partial charge is 0.306 e. The summed E-state index contributed by atoms with van der Waals surface area (Å²) >= 11 is 0. The minimum absolute atomic E-state index is 0.00796. The van der Waals surface area contributed by atoms with Crippen LogP contribution in [0.1, 0.15) is 65.7 Å². The van der Waals surface area contributed by atoms with Crippen LogP contribution in [0.4, 0.5) is 0 Å². The molecule has 0 aromatic heterocycles. The topological polar surface area (TPSA) is 26.3 Å². The Balaban J connectivity index is 3.60. The highest BCUT2D eigenvalue weighted by Crippen LogP contribution is 2.17. The summed E-state index contributed by atoms with van der Waals surface area (Å²) in [4.78, 5) is 11.4. The van der Waals surface area contributed by atoms with Crippen LogP contribution in [-0.2, 0) is 9.53 Å². The van der Waals surface area contributed by atoms with Gasteiger partial charge in [0.15, 0.2) is 0 Å². The molecule has 15 heavy (non-hydrogen) atoms. The van der Waals surface area contributed by atoms with Crippen LogP contribution in [0, 0.1) is 5.92 Å². The van der Waals surface area contributed by atoms with E-state index in [2.05, 4.69) is 20.8 Å². The minimum Gasteiger partial charge on any atom is -0.466 e. The maximum atomic E-state index is 11.4. The third-order valence-electron chi connectivity index (χ3n) is 2.76. The lowest BCUT2D eigenvalue weighted by Crippen LogP contribution is -2.12. The number of unbranched alkanes of at least 4 members (excludes halogenated alkanes) is 2. The lowest BCUT2D eigenvalue weighted by molar-refractivity contribution is -0.145. The lowest BCUT2D eigenvalue weighted by Gasteiger charge is -2.13. The summed E-state index contributed by atoms with van der Waals surface area (Å²) < 4.78 is 5.16. The molecule has 0 rings (SSSR count). The zero-order valence-corrected chi connectivity index (χ0v) is 10.6. The molecule has 0 spiro atoms. The summed E-state index contributed by atoms with van der Waals surface area (Å²) in [5.41, 5.74) is 0. The summed E-state index contributed by atoms with van der Waals surface area (Å²) in [6.45, 7) is 7.04. The summed E-state index contributed by atoms with van der Waals surface area (Å²) in [6, 6.07) is 0. The minimum atomic E-state index is -0.00796. The molecule has 0 aromatic rings. The first-order valence-corrected chi connectivity index (χ1v) is 6.40. The fraction of sp³-hybridized carbons (Fsp3) is 0.923. The number of rotatable bonds is 9. The highest BCUT2D eigenvalue weighted by Gasteiger charge is 2.12. The molecule has 0 saturated carbocycles. The molecule has 0 bridgehead atoms. The van der Waals surface area contributed by atoms with Gasteiger partial charge in [-0.1, -0.05) is 46.5 Å². The van der Waals surface area contributed by atoms with E-state index >= 15 is 0 Å². The maximum absolute atomic E-state index is 11.4. The second-order valence-corrected chi connectivity index (χ2v) is 4.19. The van der Waals surface area contributed by atoms with Gasteiger partial charge in [0.1, 0.15) is 0 Å². The standard InChI is InChI=1S/C13H26O2/c1-4-7-9-12(6-3)11-13(14)15-10-8-5-2/h12H,4-11H2,1-3H3. The Morgan fingerprint density at radius 2 is 1.80 bits per heavy atom. The number of carbonyl (C=O) groups is 1. The summed E-state index contributed by atoms with van der Waals surface area (Å²) in [5, 5.41) is 0. The first-order chi connectivity index (χ1) is 7.24. The Labute approximate surface area is 94.4 Å². The van der Waals surface area contributed by atoms with Gasteiger partial charge in [-0.25, -0.2) is 0 Å². The van der Waals surface area contributed by atoms with Crippen molar-refractivity contribution in [3.63, 3.8) is 0 Å². The van der Waals surface area contributed by atoms with Crippen LogP contribution in [0.25, 0.3) is 0 Å². The molecular formula is C13H26O2. The third-order valence-corrected chi connectivity index (χ3v) is 2.76. The van der Waals surface area contributed by atoms with Crippen molar-refractivity contribution >= 4 is 5.97 Å². The largest absolute Gasteiger partial charge is 0.466 e. The molecular weight excluding hydrogens is 188 g/mol. The van der Waals surface area contributed by atoms with E-state index < -0.39 is 0 Å². The summed E-state index contributed by atoms with van der Waals surface area (Å²) in [6.07, 6.45) is 7.36. The van der Waals surface area contributed by atoms with Crippen LogP contribution < -0.4 is 0 Å². The SMILES string of the molecule is CCCCOC(=O)CC(CC)CCCC. The molecule has 0 aliphatic carbocycles. The quantitative estimate of drug-likeness (QED) is 0.429. The van der Waals surface area contributed by atoms with E-state index in [1.54, 1.807) is 0 Å². The van der Waals surface area contributed by atoms with Crippen molar-refractivity contribution in [2.75, 3.05) is 6.61 Å². The Kier molecular flexibility index (Phi) is 9.65. The van der Waals surface area contributed by atoms with E-state index in [-0.39, 0.29) is 5.97 Å². The zero-order chi connectivity index (χ0) is 11.5. The van der Waals surface area contributed by atoms with Gasteiger partial charge in [0.05, 0.1) is 6.61 Å². The van der Waals surface area contributed by atoms with Gasteiger partial charge in [-0.15, -0.1) is 0 Å². The number of esters is 1. The first-order valence-electron chi connectivity index (χ1n) is 6.40. The Morgan fingerprint density at radius 1 is 1.13 bits per heavy atom. The van der Waals surface area contributed by atoms with Gasteiger partial charge in [0.25, 0.3) is 0 Å². The fourth-order valence-electron chi connectivity index (χ4n) is 1.57. The van der Waals surface area contributed by atoms with Crippen LogP contribution in [-0.4, -0.2) is 12.6 Å². The Hall–Kier alpha value is -0.530. The fourth-order valence-corrected chi connectivity index (χ4v) is 1.57. The molecule has 0 heterocycles. The van der Waals surface area contributed by atoms with Crippen LogP contribution in [0.2, 0.25) is 0 Å². The van der Waals surface area contributed by atoms with Gasteiger partial charge in [-0.3, -0.25) is 4.79 Å². The van der Waals surface area contributed by atoms with Crippen LogP contribution in [0.15, 0.2) is 0 Å². The zero-order valence-electron chi connectivity index (χ0n) is 10.6. The molecule has 2 heteroatoms. The average molecular weight is 214 g/mol. The first kappa shape index (κ1) is 14.5. The highest BCUT2D eigenvalue weighted by atomic mass is 16.5. The van der Waals surface area contributed by atoms with E-state index in [0.717, 1.165) is 25.7 Å². The summed E-state index contributed by atoms with van der Waals surface area (Å²) in [5.74, 6) is 0.519. The van der Waals surface area contributed by atoms with Gasteiger partial charge in [-0.2, -0.15) is 0 Å². The van der Waals surface area contributed by atoms with Gasteiger partial charge in [0.2, 0.25) is 0 Å². The van der Waals surface area contributed by atoms with Crippen LogP contribution in [0.3, 0.4) is 0 Å². The van der Waals surface area contributed by atoms with Crippen molar-refractivity contribution in [3.05, 3.63) is 0 Å². The van der Waals surface area contributed by atoms with Gasteiger partial charge < -0.3 is 4.74 Å². The lowest BCUT2D eigenvalue weighted by atomic mass is 9.96. The average Bonchev–Trinajstić information content (AvgIpc) is 2.24. The van der Waals surface area contributed by atoms with Crippen molar-refractivity contribution in [2.24, 2.45) is 5.92 Å². The molecule has 0 aromatic carbocycles. The van der Waals surface area contributed by atoms with Crippen molar-refractivity contribution in [2.45, 2.75) is 65.7 Å². The second-order valence-electron chi connectivity index (χ2n) is 4.19. The summed E-state index contributed by atoms with van der Waals surface area (Å²) in [7, 11) is 0. The number of carbonyl (C=O) groups excluding carboxylic acids is 1. The molecule has 0 amide bonds. The van der Waals surface area contributed by atoms with Crippen molar-refractivity contribution in [1.82, 2.24) is 0 Å². The molecule has 0 fully saturated rings. The van der Waals surface area contributed by atoms with E-state index in [1.807, 2.05) is 0 Å². The molecule has 90 valence electrons. The maximum Gasteiger partial charge on any atom is 0.306 e. The molecule has 0 N–H and O–H groups in total. The Bertz CT molecular complexity index is 155. The third kappa shape index (κ3) is 8.46. The molecule has 1 atom stereocenters. The molecule has 1 unspecified atom stereocenters. The monoisotopic (exact) mass is 214 g/mol. The second kappa shape index (κ2) is 10.0. The number of ether oxygens (including phenoxy) is 1. The Morgan fingerprint density at radius 3 is 2.33 bits per heavy atom. The van der Waals surface area contributed by atoms with E-state index in [9.17, 15) is 4.79 Å². The molecule has 0 aliphatic rings. The van der Waals surface area contributed by atoms with Gasteiger partial charge >= 0.3 is 5.97 Å². The van der Waals surface area contributed by atoms with Crippen LogP contribution in [0.5, 0.6) is 0 Å². The highest BCUT2D eigenvalue weighted by molar-refractivity contribution is 5.69. The van der Waals surface area contributed by atoms with Gasteiger partial charge in [0, 0.05) is 6.42 Å². The molecule has 0 saturated heterocycles. The number of hydrogen-bond donors (Lipinski definition) is 0. The van der Waals surface area contributed by atoms with E-state index in [4.69, 9.17) is 4.74 Å². The normalized spacial score (nSPS) is 12.5. The van der Waals surface area contributed by atoms with Crippen molar-refractivity contribution in [3.8, 4) is 0 Å². The predicted molar refractivity (Wildman–Crippen MR) is 63.8 cm³/mol. The van der Waals surface area contributed by atoms with E-state index in [1.165, 1.54) is 12.8 Å². The van der Waals surface area contributed by atoms with E-state index in [0.29, 0.717) is 18.9 Å². The van der Waals surface area contributed by atoms with Crippen LogP contribution >= 0.6 is 0 Å².